The summed E-state index contributed by atoms with van der Waals surface area (Å²) in [5.41, 5.74) is 1.29. The Kier molecular flexibility index (Phi) is 5.00. The fourth-order valence-electron chi connectivity index (χ4n) is 1.16. The van der Waals surface area contributed by atoms with Crippen LogP contribution in [0.15, 0.2) is 18.2 Å². The number of rotatable bonds is 2. The monoisotopic (exact) mass is 225 g/mol. The van der Waals surface area contributed by atoms with Crippen LogP contribution in [-0.4, -0.2) is 35.8 Å². The average Bonchev–Trinajstić information content (AvgIpc) is 2.75. The maximum atomic E-state index is 5.22. The minimum absolute atomic E-state index is 0.364. The van der Waals surface area contributed by atoms with E-state index in [4.69, 9.17) is 33.1 Å². The van der Waals surface area contributed by atoms with Gasteiger partial charge in [0.05, 0.1) is 15.7 Å². The van der Waals surface area contributed by atoms with Crippen molar-refractivity contribution < 1.29 is 9.47 Å². The Labute approximate surface area is 107 Å². The predicted molar refractivity (Wildman–Crippen MR) is 70.7 cm³/mol. The normalized spacial score (nSPS) is 12.8. The van der Waals surface area contributed by atoms with Crippen LogP contribution in [0.2, 0.25) is 0 Å². The Hall–Kier alpha value is -1.03. The van der Waals surface area contributed by atoms with Crippen LogP contribution >= 0.6 is 0 Å². The van der Waals surface area contributed by atoms with Crippen molar-refractivity contribution in [3.63, 3.8) is 0 Å². The molecular weight excluding hydrogens is 211 g/mol. The number of hydrogen-bond donors (Lipinski definition) is 1. The molecule has 0 unspecified atom stereocenters. The van der Waals surface area contributed by atoms with Crippen LogP contribution in [0, 0.1) is 0 Å². The molecule has 1 aromatic carbocycles. The van der Waals surface area contributed by atoms with Gasteiger partial charge in [-0.1, -0.05) is 25.3 Å². The first-order chi connectivity index (χ1) is 7.96. The van der Waals surface area contributed by atoms with Crippen molar-refractivity contribution in [1.29, 1.82) is 0 Å². The number of aryl methyl sites for hydroxylation is 1. The summed E-state index contributed by atoms with van der Waals surface area (Å²) in [5.74, 6) is 1.74. The van der Waals surface area contributed by atoms with E-state index in [0.29, 0.717) is 6.79 Å². The van der Waals surface area contributed by atoms with E-state index in [1.807, 2.05) is 12.1 Å². The number of hydrogen-bond acceptors (Lipinski definition) is 3. The first-order valence-electron chi connectivity index (χ1n) is 5.40. The lowest BCUT2D eigenvalue weighted by Crippen LogP contribution is -2.41. The van der Waals surface area contributed by atoms with Crippen LogP contribution in [0.5, 0.6) is 11.5 Å². The van der Waals surface area contributed by atoms with Gasteiger partial charge in [-0.2, -0.15) is 0 Å². The van der Waals surface area contributed by atoms with Crippen molar-refractivity contribution in [2.75, 3.05) is 6.79 Å². The van der Waals surface area contributed by atoms with Crippen molar-refractivity contribution in [3.8, 4) is 11.5 Å². The molecule has 0 saturated carbocycles. The van der Waals surface area contributed by atoms with E-state index in [9.17, 15) is 0 Å². The summed E-state index contributed by atoms with van der Waals surface area (Å²) in [4.78, 5) is 0. The molecule has 0 aliphatic carbocycles. The summed E-state index contributed by atoms with van der Waals surface area (Å²) in [7, 11) is 15.0. The molecule has 0 saturated heterocycles. The van der Waals surface area contributed by atoms with Gasteiger partial charge >= 0.3 is 0 Å². The summed E-state index contributed by atoms with van der Waals surface area (Å²) in [6, 6.07) is 6.05. The van der Waals surface area contributed by atoms with Gasteiger partial charge in [0.2, 0.25) is 6.79 Å². The van der Waals surface area contributed by atoms with Crippen LogP contribution in [0.4, 0.5) is 0 Å². The average molecular weight is 225 g/mol. The van der Waals surface area contributed by atoms with Gasteiger partial charge in [-0.3, -0.25) is 0 Å². The smallest absolute Gasteiger partial charge is 0.231 e. The van der Waals surface area contributed by atoms with E-state index >= 15 is 0 Å². The zero-order chi connectivity index (χ0) is 12.9. The second-order valence-electron chi connectivity index (χ2n) is 3.97. The van der Waals surface area contributed by atoms with Gasteiger partial charge in [-0.25, -0.2) is 0 Å². The maximum absolute atomic E-state index is 5.22. The molecule has 3 nitrogen and oxygen atoms in total. The summed E-state index contributed by atoms with van der Waals surface area (Å²) < 4.78 is 10.4. The lowest BCUT2D eigenvalue weighted by Gasteiger charge is -2.17. The third-order valence-electron chi connectivity index (χ3n) is 2.16. The SMILES string of the molecule is CCc1ccc2c(c1)OCO2.[B]NC([B])([B])C. The van der Waals surface area contributed by atoms with Crippen molar-refractivity contribution in [2.24, 2.45) is 0 Å². The van der Waals surface area contributed by atoms with Crippen LogP contribution < -0.4 is 14.7 Å². The molecule has 1 N–H and O–H groups in total. The standard InChI is InChI=1S/C9H10O2.C2H4B3N/c1-2-7-3-4-8-9(5-7)11-6-10-8;1-2(3,4)6-5/h3-5H,2,6H2,1H3;6H,1H3. The van der Waals surface area contributed by atoms with Gasteiger partial charge in [0.25, 0.3) is 0 Å². The molecule has 17 heavy (non-hydrogen) atoms. The molecule has 84 valence electrons. The fraction of sp³-hybridized carbons (Fsp3) is 0.455. The Morgan fingerprint density at radius 2 is 1.88 bits per heavy atom. The third kappa shape index (κ3) is 4.78. The number of fused-ring (bicyclic) bond motifs is 1. The van der Waals surface area contributed by atoms with Crippen LogP contribution in [0.3, 0.4) is 0 Å². The van der Waals surface area contributed by atoms with E-state index in [1.54, 1.807) is 6.92 Å². The van der Waals surface area contributed by atoms with Crippen LogP contribution in [-0.2, 0) is 6.42 Å². The minimum Gasteiger partial charge on any atom is -0.454 e. The summed E-state index contributed by atoms with van der Waals surface area (Å²) in [6.07, 6.45) is 1.04. The highest BCUT2D eigenvalue weighted by Crippen LogP contribution is 2.32. The van der Waals surface area contributed by atoms with Crippen molar-refractivity contribution in [1.82, 2.24) is 5.23 Å². The zero-order valence-electron chi connectivity index (χ0n) is 10.2. The Balaban J connectivity index is 0.000000209. The van der Waals surface area contributed by atoms with E-state index in [2.05, 4.69) is 18.2 Å². The largest absolute Gasteiger partial charge is 0.454 e. The molecule has 6 heteroatoms. The highest BCUT2D eigenvalue weighted by Gasteiger charge is 2.11. The van der Waals surface area contributed by atoms with E-state index in [-0.39, 0.29) is 0 Å². The molecule has 2 rings (SSSR count). The molecule has 0 aromatic heterocycles. The minimum atomic E-state index is -0.931. The van der Waals surface area contributed by atoms with Gasteiger partial charge in [0.15, 0.2) is 19.5 Å². The van der Waals surface area contributed by atoms with E-state index in [0.717, 1.165) is 17.9 Å². The highest BCUT2D eigenvalue weighted by atomic mass is 16.7. The highest BCUT2D eigenvalue weighted by molar-refractivity contribution is 6.41. The van der Waals surface area contributed by atoms with Gasteiger partial charge < -0.3 is 14.7 Å². The van der Waals surface area contributed by atoms with Gasteiger partial charge in [0, 0.05) is 0 Å². The van der Waals surface area contributed by atoms with Crippen molar-refractivity contribution >= 4 is 23.7 Å². The second-order valence-corrected chi connectivity index (χ2v) is 3.97. The topological polar surface area (TPSA) is 30.5 Å². The van der Waals surface area contributed by atoms with Crippen LogP contribution in [0.25, 0.3) is 0 Å². The molecule has 1 aliphatic rings. The fourth-order valence-corrected chi connectivity index (χ4v) is 1.16. The predicted octanol–water partition coefficient (Wildman–Crippen LogP) is 0.648. The van der Waals surface area contributed by atoms with E-state index in [1.165, 1.54) is 5.56 Å². The molecule has 6 radical (unpaired) electrons. The molecular formula is C11H14B3NO2. The van der Waals surface area contributed by atoms with Crippen molar-refractivity contribution in [3.05, 3.63) is 23.8 Å². The van der Waals surface area contributed by atoms with Gasteiger partial charge in [-0.05, 0) is 24.1 Å². The molecule has 0 amide bonds. The van der Waals surface area contributed by atoms with Gasteiger partial charge in [-0.15, -0.1) is 0 Å². The first-order valence-corrected chi connectivity index (χ1v) is 5.40. The quantitative estimate of drug-likeness (QED) is 0.749. The Morgan fingerprint density at radius 3 is 2.41 bits per heavy atom. The third-order valence-corrected chi connectivity index (χ3v) is 2.16. The maximum Gasteiger partial charge on any atom is 0.231 e. The molecule has 1 aromatic rings. The van der Waals surface area contributed by atoms with Crippen molar-refractivity contribution in [2.45, 2.75) is 25.6 Å². The van der Waals surface area contributed by atoms with E-state index < -0.39 is 5.34 Å². The lowest BCUT2D eigenvalue weighted by molar-refractivity contribution is 0.174. The molecule has 0 bridgehead atoms. The Morgan fingerprint density at radius 1 is 1.29 bits per heavy atom. The number of ether oxygens (including phenoxy) is 2. The second kappa shape index (κ2) is 6.06. The summed E-state index contributed by atoms with van der Waals surface area (Å²) in [6.45, 7) is 4.05. The van der Waals surface area contributed by atoms with Gasteiger partial charge in [0.1, 0.15) is 0 Å². The number of nitrogens with one attached hydrogen (secondary N) is 1. The number of benzene rings is 1. The molecule has 0 fully saturated rings. The zero-order valence-corrected chi connectivity index (χ0v) is 10.2. The summed E-state index contributed by atoms with van der Waals surface area (Å²) in [5, 5.41) is 1.23. The molecule has 0 spiro atoms. The molecule has 1 aliphatic heterocycles. The molecule has 0 atom stereocenters. The first kappa shape index (κ1) is 14.0. The summed E-state index contributed by atoms with van der Waals surface area (Å²) >= 11 is 0. The Bertz CT molecular complexity index is 366. The lowest BCUT2D eigenvalue weighted by atomic mass is 9.63. The molecule has 1 heterocycles. The van der Waals surface area contributed by atoms with Crippen LogP contribution in [0.1, 0.15) is 19.4 Å².